The molecule has 2 amide bonds. The lowest BCUT2D eigenvalue weighted by Crippen LogP contribution is -2.21. The number of nitrogens with two attached hydrogens (primary N) is 2. The minimum Gasteiger partial charge on any atom is -0.351 e. The van der Waals surface area contributed by atoms with E-state index in [9.17, 15) is 9.18 Å². The summed E-state index contributed by atoms with van der Waals surface area (Å²) in [6.45, 7) is 0.0162. The van der Waals surface area contributed by atoms with Crippen LogP contribution in [0, 0.1) is 5.82 Å². The van der Waals surface area contributed by atoms with E-state index in [0.29, 0.717) is 5.69 Å². The predicted octanol–water partition coefficient (Wildman–Crippen LogP) is 0.775. The Morgan fingerprint density at radius 2 is 2.23 bits per heavy atom. The Hall–Kier alpha value is -1.62. The van der Waals surface area contributed by atoms with Gasteiger partial charge in [-0.05, 0) is 12.1 Å². The number of amides is 2. The van der Waals surface area contributed by atoms with E-state index in [4.69, 9.17) is 11.5 Å². The van der Waals surface area contributed by atoms with Gasteiger partial charge in [0.2, 0.25) is 0 Å². The normalized spacial score (nSPS) is 9.69. The van der Waals surface area contributed by atoms with Crippen molar-refractivity contribution in [1.82, 2.24) is 0 Å². The fourth-order valence-corrected chi connectivity index (χ4v) is 1.02. The molecule has 1 aromatic rings. The van der Waals surface area contributed by atoms with Gasteiger partial charge in [0, 0.05) is 17.8 Å². The highest BCUT2D eigenvalue weighted by Gasteiger charge is 2.07. The highest BCUT2D eigenvalue weighted by atomic mass is 19.1. The fraction of sp³-hybridized carbons (Fsp3) is 0.125. The molecule has 0 radical (unpaired) electrons. The summed E-state index contributed by atoms with van der Waals surface area (Å²) in [5.41, 5.74) is 10.7. The zero-order valence-electron chi connectivity index (χ0n) is 6.88. The van der Waals surface area contributed by atoms with Crippen LogP contribution in [0.4, 0.5) is 14.9 Å². The number of halogens is 1. The first-order chi connectivity index (χ1) is 6.15. The van der Waals surface area contributed by atoms with Crippen LogP contribution in [-0.4, -0.2) is 6.03 Å². The summed E-state index contributed by atoms with van der Waals surface area (Å²) >= 11 is 0. The number of hydrogen-bond acceptors (Lipinski definition) is 2. The molecule has 5 heteroatoms. The third-order valence-electron chi connectivity index (χ3n) is 1.58. The number of anilines is 1. The Bertz CT molecular complexity index is 327. The van der Waals surface area contributed by atoms with E-state index in [2.05, 4.69) is 5.32 Å². The standard InChI is InChI=1S/C8H10FN3O/c9-6-2-1-3-7(5(6)4-10)12-8(11)13/h1-3H,4,10H2,(H3,11,12,13). The van der Waals surface area contributed by atoms with Gasteiger partial charge in [-0.3, -0.25) is 0 Å². The number of rotatable bonds is 2. The molecule has 1 aromatic carbocycles. The second-order valence-corrected chi connectivity index (χ2v) is 2.46. The van der Waals surface area contributed by atoms with E-state index in [1.165, 1.54) is 18.2 Å². The molecule has 0 atom stereocenters. The first kappa shape index (κ1) is 9.47. The molecule has 0 saturated carbocycles. The van der Waals surface area contributed by atoms with Crippen molar-refractivity contribution in [2.45, 2.75) is 6.54 Å². The van der Waals surface area contributed by atoms with Gasteiger partial charge in [-0.1, -0.05) is 6.07 Å². The molecular weight excluding hydrogens is 173 g/mol. The maximum Gasteiger partial charge on any atom is 0.316 e. The minimum atomic E-state index is -0.736. The van der Waals surface area contributed by atoms with Crippen molar-refractivity contribution in [3.05, 3.63) is 29.6 Å². The van der Waals surface area contributed by atoms with Gasteiger partial charge in [0.1, 0.15) is 5.82 Å². The first-order valence-electron chi connectivity index (χ1n) is 3.69. The third kappa shape index (κ3) is 2.16. The van der Waals surface area contributed by atoms with Gasteiger partial charge in [-0.25, -0.2) is 9.18 Å². The SMILES string of the molecule is NCc1c(F)cccc1NC(N)=O. The van der Waals surface area contributed by atoms with Crippen molar-refractivity contribution in [3.63, 3.8) is 0 Å². The van der Waals surface area contributed by atoms with Gasteiger partial charge in [0.25, 0.3) is 0 Å². The van der Waals surface area contributed by atoms with E-state index in [1.54, 1.807) is 0 Å². The number of carbonyl (C=O) groups excluding carboxylic acids is 1. The molecule has 0 aliphatic carbocycles. The molecular formula is C8H10FN3O. The first-order valence-corrected chi connectivity index (χ1v) is 3.69. The van der Waals surface area contributed by atoms with Crippen molar-refractivity contribution in [1.29, 1.82) is 0 Å². The maximum atomic E-state index is 13.0. The van der Waals surface area contributed by atoms with Crippen LogP contribution in [0.15, 0.2) is 18.2 Å². The van der Waals surface area contributed by atoms with Crippen LogP contribution < -0.4 is 16.8 Å². The molecule has 13 heavy (non-hydrogen) atoms. The van der Waals surface area contributed by atoms with Crippen LogP contribution in [0.3, 0.4) is 0 Å². The largest absolute Gasteiger partial charge is 0.351 e. The van der Waals surface area contributed by atoms with Crippen LogP contribution in [0.2, 0.25) is 0 Å². The smallest absolute Gasteiger partial charge is 0.316 e. The summed E-state index contributed by atoms with van der Waals surface area (Å²) in [6.07, 6.45) is 0. The van der Waals surface area contributed by atoms with E-state index in [-0.39, 0.29) is 12.1 Å². The monoisotopic (exact) mass is 183 g/mol. The fourth-order valence-electron chi connectivity index (χ4n) is 1.02. The molecule has 4 nitrogen and oxygen atoms in total. The summed E-state index contributed by atoms with van der Waals surface area (Å²) in [4.78, 5) is 10.5. The zero-order chi connectivity index (χ0) is 9.84. The lowest BCUT2D eigenvalue weighted by molar-refractivity contribution is 0.259. The quantitative estimate of drug-likeness (QED) is 0.633. The average molecular weight is 183 g/mol. The maximum absolute atomic E-state index is 13.0. The van der Waals surface area contributed by atoms with Crippen molar-refractivity contribution >= 4 is 11.7 Å². The minimum absolute atomic E-state index is 0.0162. The lowest BCUT2D eigenvalue weighted by Gasteiger charge is -2.07. The number of primary amides is 1. The van der Waals surface area contributed by atoms with Crippen molar-refractivity contribution in [2.24, 2.45) is 11.5 Å². The number of carbonyl (C=O) groups is 1. The molecule has 70 valence electrons. The summed E-state index contributed by atoms with van der Waals surface area (Å²) in [6, 6.07) is 3.55. The van der Waals surface area contributed by atoms with Gasteiger partial charge in [0.05, 0.1) is 0 Å². The molecule has 0 bridgehead atoms. The van der Waals surface area contributed by atoms with Gasteiger partial charge in [-0.15, -0.1) is 0 Å². The van der Waals surface area contributed by atoms with Gasteiger partial charge in [-0.2, -0.15) is 0 Å². The molecule has 0 saturated heterocycles. The Labute approximate surface area is 74.7 Å². The number of hydrogen-bond donors (Lipinski definition) is 3. The van der Waals surface area contributed by atoms with E-state index in [0.717, 1.165) is 0 Å². The van der Waals surface area contributed by atoms with Crippen LogP contribution in [0.1, 0.15) is 5.56 Å². The highest BCUT2D eigenvalue weighted by molar-refractivity contribution is 5.88. The Morgan fingerprint density at radius 1 is 1.54 bits per heavy atom. The van der Waals surface area contributed by atoms with Crippen LogP contribution in [-0.2, 0) is 6.54 Å². The molecule has 0 unspecified atom stereocenters. The van der Waals surface area contributed by atoms with E-state index >= 15 is 0 Å². The predicted molar refractivity (Wildman–Crippen MR) is 47.5 cm³/mol. The van der Waals surface area contributed by atoms with E-state index in [1.807, 2.05) is 0 Å². The van der Waals surface area contributed by atoms with Crippen LogP contribution >= 0.6 is 0 Å². The number of urea groups is 1. The lowest BCUT2D eigenvalue weighted by atomic mass is 10.1. The Morgan fingerprint density at radius 3 is 2.77 bits per heavy atom. The number of benzene rings is 1. The molecule has 0 fully saturated rings. The molecule has 0 aliphatic heterocycles. The van der Waals surface area contributed by atoms with Gasteiger partial charge in [0.15, 0.2) is 0 Å². The molecule has 5 N–H and O–H groups in total. The van der Waals surface area contributed by atoms with Crippen LogP contribution in [0.5, 0.6) is 0 Å². The summed E-state index contributed by atoms with van der Waals surface area (Å²) in [5, 5.41) is 2.28. The van der Waals surface area contributed by atoms with Gasteiger partial charge < -0.3 is 16.8 Å². The van der Waals surface area contributed by atoms with Crippen LogP contribution in [0.25, 0.3) is 0 Å². The topological polar surface area (TPSA) is 81.1 Å². The second-order valence-electron chi connectivity index (χ2n) is 2.46. The molecule has 1 rings (SSSR count). The second kappa shape index (κ2) is 3.86. The Balaban J connectivity index is 3.05. The third-order valence-corrected chi connectivity index (χ3v) is 1.58. The molecule has 0 spiro atoms. The molecule has 0 heterocycles. The summed E-state index contributed by atoms with van der Waals surface area (Å²) in [5.74, 6) is -0.450. The highest BCUT2D eigenvalue weighted by Crippen LogP contribution is 2.17. The van der Waals surface area contributed by atoms with E-state index < -0.39 is 11.8 Å². The van der Waals surface area contributed by atoms with Crippen molar-refractivity contribution in [2.75, 3.05) is 5.32 Å². The van der Waals surface area contributed by atoms with Crippen molar-refractivity contribution < 1.29 is 9.18 Å². The Kier molecular flexibility index (Phi) is 2.81. The molecule has 0 aromatic heterocycles. The zero-order valence-corrected chi connectivity index (χ0v) is 6.88. The summed E-state index contributed by atoms with van der Waals surface area (Å²) < 4.78 is 13.0. The summed E-state index contributed by atoms with van der Waals surface area (Å²) in [7, 11) is 0. The van der Waals surface area contributed by atoms with Gasteiger partial charge >= 0.3 is 6.03 Å². The number of nitrogens with one attached hydrogen (secondary N) is 1. The average Bonchev–Trinajstić information content (AvgIpc) is 2.03. The van der Waals surface area contributed by atoms with Crippen molar-refractivity contribution in [3.8, 4) is 0 Å². The molecule has 0 aliphatic rings.